The van der Waals surface area contributed by atoms with E-state index in [-0.39, 0.29) is 5.91 Å². The van der Waals surface area contributed by atoms with Gasteiger partial charge >= 0.3 is 0 Å². The van der Waals surface area contributed by atoms with E-state index in [4.69, 9.17) is 0 Å². The number of carbonyl (C=O) groups excluding carboxylic acids is 1. The number of hydrogen-bond donors (Lipinski definition) is 2. The molecule has 0 atom stereocenters. The third kappa shape index (κ3) is 2.27. The van der Waals surface area contributed by atoms with Gasteiger partial charge in [0, 0.05) is 25.3 Å². The normalized spacial score (nSPS) is 9.17. The van der Waals surface area contributed by atoms with Gasteiger partial charge in [0.1, 0.15) is 0 Å². The van der Waals surface area contributed by atoms with Crippen molar-refractivity contribution in [3.63, 3.8) is 0 Å². The highest BCUT2D eigenvalue weighted by Gasteiger charge is 1.93. The van der Waals surface area contributed by atoms with Crippen molar-refractivity contribution in [2.24, 2.45) is 0 Å². The maximum absolute atomic E-state index is 10.6. The molecule has 12 heavy (non-hydrogen) atoms. The van der Waals surface area contributed by atoms with E-state index in [2.05, 4.69) is 10.6 Å². The highest BCUT2D eigenvalue weighted by Crippen LogP contribution is 2.12. The summed E-state index contributed by atoms with van der Waals surface area (Å²) >= 11 is 0. The minimum atomic E-state index is -0.0489. The SMILES string of the molecule is CNc1ccc(NC(C)=O)cc1. The summed E-state index contributed by atoms with van der Waals surface area (Å²) in [7, 11) is 1.85. The molecule has 0 saturated carbocycles. The summed E-state index contributed by atoms with van der Waals surface area (Å²) in [6.45, 7) is 1.49. The van der Waals surface area contributed by atoms with Crippen molar-refractivity contribution in [2.75, 3.05) is 17.7 Å². The first-order chi connectivity index (χ1) is 5.72. The predicted molar refractivity (Wildman–Crippen MR) is 50.3 cm³/mol. The highest BCUT2D eigenvalue weighted by molar-refractivity contribution is 5.88. The molecule has 0 unspecified atom stereocenters. The van der Waals surface area contributed by atoms with Gasteiger partial charge in [-0.1, -0.05) is 0 Å². The Kier molecular flexibility index (Phi) is 2.69. The number of benzene rings is 1. The van der Waals surface area contributed by atoms with E-state index >= 15 is 0 Å². The molecule has 1 aromatic rings. The maximum Gasteiger partial charge on any atom is 0.221 e. The molecule has 1 rings (SSSR count). The van der Waals surface area contributed by atoms with Crippen LogP contribution in [0.5, 0.6) is 0 Å². The van der Waals surface area contributed by atoms with Gasteiger partial charge in [0.05, 0.1) is 0 Å². The monoisotopic (exact) mass is 164 g/mol. The number of nitrogens with one attached hydrogen (secondary N) is 2. The Morgan fingerprint density at radius 1 is 1.17 bits per heavy atom. The molecular formula is C9H12N2O. The van der Waals surface area contributed by atoms with Gasteiger partial charge in [-0.3, -0.25) is 4.79 Å². The molecule has 1 amide bonds. The average Bonchev–Trinajstić information content (AvgIpc) is 2.05. The van der Waals surface area contributed by atoms with E-state index in [1.165, 1.54) is 6.92 Å². The molecule has 0 radical (unpaired) electrons. The molecule has 0 spiro atoms. The molecule has 0 heterocycles. The Hall–Kier alpha value is -1.51. The van der Waals surface area contributed by atoms with Crippen molar-refractivity contribution in [3.05, 3.63) is 24.3 Å². The van der Waals surface area contributed by atoms with Gasteiger partial charge in [0.25, 0.3) is 0 Å². The van der Waals surface area contributed by atoms with Crippen LogP contribution in [-0.2, 0) is 4.79 Å². The predicted octanol–water partition coefficient (Wildman–Crippen LogP) is 1.69. The standard InChI is InChI=1S/C9H12N2O/c1-7(12)11-9-5-3-8(10-2)4-6-9/h3-6,10H,1-2H3,(H,11,12). The Morgan fingerprint density at radius 3 is 2.08 bits per heavy atom. The van der Waals surface area contributed by atoms with Crippen LogP contribution in [-0.4, -0.2) is 13.0 Å². The first-order valence-corrected chi connectivity index (χ1v) is 3.78. The van der Waals surface area contributed by atoms with E-state index in [1.54, 1.807) is 0 Å². The van der Waals surface area contributed by atoms with Gasteiger partial charge in [0.2, 0.25) is 5.91 Å². The number of carbonyl (C=O) groups is 1. The Labute approximate surface area is 71.8 Å². The second kappa shape index (κ2) is 3.76. The smallest absolute Gasteiger partial charge is 0.221 e. The lowest BCUT2D eigenvalue weighted by atomic mass is 10.3. The fraction of sp³-hybridized carbons (Fsp3) is 0.222. The first-order valence-electron chi connectivity index (χ1n) is 3.78. The van der Waals surface area contributed by atoms with Crippen molar-refractivity contribution in [2.45, 2.75) is 6.92 Å². The van der Waals surface area contributed by atoms with Gasteiger partial charge in [-0.2, -0.15) is 0 Å². The molecule has 0 bridgehead atoms. The summed E-state index contributed by atoms with van der Waals surface area (Å²) in [5.41, 5.74) is 1.85. The van der Waals surface area contributed by atoms with Gasteiger partial charge in [0.15, 0.2) is 0 Å². The molecule has 0 aliphatic rings. The Balaban J connectivity index is 2.71. The van der Waals surface area contributed by atoms with Gasteiger partial charge < -0.3 is 10.6 Å². The van der Waals surface area contributed by atoms with Crippen LogP contribution in [0.15, 0.2) is 24.3 Å². The minimum absolute atomic E-state index is 0.0489. The Bertz CT molecular complexity index is 266. The summed E-state index contributed by atoms with van der Waals surface area (Å²) < 4.78 is 0. The fourth-order valence-corrected chi connectivity index (χ4v) is 0.923. The van der Waals surface area contributed by atoms with E-state index in [1.807, 2.05) is 31.3 Å². The lowest BCUT2D eigenvalue weighted by molar-refractivity contribution is -0.114. The van der Waals surface area contributed by atoms with E-state index in [0.29, 0.717) is 0 Å². The van der Waals surface area contributed by atoms with E-state index < -0.39 is 0 Å². The number of amides is 1. The molecule has 3 heteroatoms. The average molecular weight is 164 g/mol. The van der Waals surface area contributed by atoms with Crippen LogP contribution in [0.1, 0.15) is 6.92 Å². The number of hydrogen-bond acceptors (Lipinski definition) is 2. The Morgan fingerprint density at radius 2 is 1.67 bits per heavy atom. The minimum Gasteiger partial charge on any atom is -0.388 e. The summed E-state index contributed by atoms with van der Waals surface area (Å²) in [6, 6.07) is 7.52. The topological polar surface area (TPSA) is 41.1 Å². The molecule has 3 nitrogen and oxygen atoms in total. The number of rotatable bonds is 2. The molecular weight excluding hydrogens is 152 g/mol. The van der Waals surface area contributed by atoms with Crippen LogP contribution in [0.25, 0.3) is 0 Å². The van der Waals surface area contributed by atoms with Crippen LogP contribution in [0.4, 0.5) is 11.4 Å². The summed E-state index contributed by atoms with van der Waals surface area (Å²) in [6.07, 6.45) is 0. The van der Waals surface area contributed by atoms with Crippen molar-refractivity contribution in [1.82, 2.24) is 0 Å². The van der Waals surface area contributed by atoms with E-state index in [0.717, 1.165) is 11.4 Å². The molecule has 0 saturated heterocycles. The molecule has 2 N–H and O–H groups in total. The van der Waals surface area contributed by atoms with Crippen LogP contribution in [0.3, 0.4) is 0 Å². The molecule has 0 aliphatic heterocycles. The van der Waals surface area contributed by atoms with Crippen molar-refractivity contribution < 1.29 is 4.79 Å². The molecule has 1 aromatic carbocycles. The molecule has 64 valence electrons. The second-order valence-electron chi connectivity index (χ2n) is 2.51. The molecule has 0 aliphatic carbocycles. The summed E-state index contributed by atoms with van der Waals surface area (Å²) in [5.74, 6) is -0.0489. The third-order valence-corrected chi connectivity index (χ3v) is 1.49. The fourth-order valence-electron chi connectivity index (χ4n) is 0.923. The molecule has 0 fully saturated rings. The van der Waals surface area contributed by atoms with Crippen molar-refractivity contribution >= 4 is 17.3 Å². The zero-order chi connectivity index (χ0) is 8.97. The van der Waals surface area contributed by atoms with Crippen LogP contribution < -0.4 is 10.6 Å². The van der Waals surface area contributed by atoms with Gasteiger partial charge in [-0.25, -0.2) is 0 Å². The number of anilines is 2. The lowest BCUT2D eigenvalue weighted by Crippen LogP contribution is -2.05. The van der Waals surface area contributed by atoms with Crippen molar-refractivity contribution in [1.29, 1.82) is 0 Å². The van der Waals surface area contributed by atoms with Crippen LogP contribution in [0, 0.1) is 0 Å². The van der Waals surface area contributed by atoms with Crippen LogP contribution in [0.2, 0.25) is 0 Å². The zero-order valence-corrected chi connectivity index (χ0v) is 7.22. The summed E-state index contributed by atoms with van der Waals surface area (Å²) in [5, 5.41) is 5.68. The van der Waals surface area contributed by atoms with Gasteiger partial charge in [-0.15, -0.1) is 0 Å². The molecule has 0 aromatic heterocycles. The third-order valence-electron chi connectivity index (χ3n) is 1.49. The first kappa shape index (κ1) is 8.59. The van der Waals surface area contributed by atoms with Crippen molar-refractivity contribution in [3.8, 4) is 0 Å². The zero-order valence-electron chi connectivity index (χ0n) is 7.22. The quantitative estimate of drug-likeness (QED) is 0.698. The maximum atomic E-state index is 10.6. The van der Waals surface area contributed by atoms with Gasteiger partial charge in [-0.05, 0) is 24.3 Å². The van der Waals surface area contributed by atoms with Crippen LogP contribution >= 0.6 is 0 Å². The second-order valence-corrected chi connectivity index (χ2v) is 2.51. The summed E-state index contributed by atoms with van der Waals surface area (Å²) in [4.78, 5) is 10.6. The lowest BCUT2D eigenvalue weighted by Gasteiger charge is -2.03. The highest BCUT2D eigenvalue weighted by atomic mass is 16.1. The largest absolute Gasteiger partial charge is 0.388 e. The van der Waals surface area contributed by atoms with E-state index in [9.17, 15) is 4.79 Å².